The van der Waals surface area contributed by atoms with Crippen molar-refractivity contribution >= 4 is 26.8 Å². The van der Waals surface area contributed by atoms with Crippen molar-refractivity contribution in [1.82, 2.24) is 4.98 Å². The van der Waals surface area contributed by atoms with Crippen molar-refractivity contribution in [3.8, 4) is 5.75 Å². The minimum atomic E-state index is 0.230. The Morgan fingerprint density at radius 2 is 1.86 bits per heavy atom. The highest BCUT2D eigenvalue weighted by molar-refractivity contribution is 9.09. The average molecular weight is 350 g/mol. The summed E-state index contributed by atoms with van der Waals surface area (Å²) in [6.07, 6.45) is 6.57. The molecule has 0 spiro atoms. The van der Waals surface area contributed by atoms with Gasteiger partial charge in [-0.3, -0.25) is 4.98 Å². The fraction of sp³-hybridized carbons (Fsp3) is 0.500. The largest absolute Gasteiger partial charge is 0.492 e. The maximum Gasteiger partial charge on any atom is 0.128 e. The Morgan fingerprint density at radius 1 is 1.10 bits per heavy atom. The molecular formula is C18H24BrNO. The predicted molar refractivity (Wildman–Crippen MR) is 93.3 cm³/mol. The number of nitrogens with zero attached hydrogens (tertiary/aromatic N) is 1. The van der Waals surface area contributed by atoms with E-state index in [1.807, 2.05) is 30.5 Å². The van der Waals surface area contributed by atoms with Crippen molar-refractivity contribution < 1.29 is 4.74 Å². The highest BCUT2D eigenvalue weighted by Crippen LogP contribution is 2.34. The number of ether oxygens (including phenoxy) is 1. The molecule has 0 atom stereocenters. The van der Waals surface area contributed by atoms with Crippen molar-refractivity contribution in [1.29, 1.82) is 0 Å². The lowest BCUT2D eigenvalue weighted by Crippen LogP contribution is -2.30. The van der Waals surface area contributed by atoms with Crippen molar-refractivity contribution in [3.63, 3.8) is 0 Å². The molecule has 0 unspecified atom stereocenters. The van der Waals surface area contributed by atoms with Gasteiger partial charge in [-0.05, 0) is 37.1 Å². The fourth-order valence-corrected chi connectivity index (χ4v) is 3.66. The van der Waals surface area contributed by atoms with Crippen LogP contribution in [0.4, 0.5) is 0 Å². The molecule has 0 aliphatic carbocycles. The Labute approximate surface area is 136 Å². The quantitative estimate of drug-likeness (QED) is 0.579. The van der Waals surface area contributed by atoms with Gasteiger partial charge in [-0.1, -0.05) is 48.7 Å². The van der Waals surface area contributed by atoms with Crippen LogP contribution in [0.5, 0.6) is 5.75 Å². The van der Waals surface area contributed by atoms with Gasteiger partial charge in [0.25, 0.3) is 0 Å². The molecule has 0 aliphatic rings. The first-order valence-corrected chi connectivity index (χ1v) is 8.89. The van der Waals surface area contributed by atoms with Crippen LogP contribution in [0.15, 0.2) is 36.5 Å². The number of halogens is 1. The number of benzene rings is 1. The standard InChI is InChI=1S/C18H24BrNO/c1-3-10-18(13-19,11-4-2)14-21-17-9-5-8-16-15(17)7-6-12-20-16/h5-9,12H,3-4,10-11,13-14H2,1-2H3. The van der Waals surface area contributed by atoms with Crippen molar-refractivity contribution in [3.05, 3.63) is 36.5 Å². The molecule has 1 aromatic carbocycles. The number of hydrogen-bond acceptors (Lipinski definition) is 2. The number of hydrogen-bond donors (Lipinski definition) is 0. The number of alkyl halides is 1. The molecule has 1 aromatic heterocycles. The van der Waals surface area contributed by atoms with Gasteiger partial charge < -0.3 is 4.74 Å². The molecule has 114 valence electrons. The van der Waals surface area contributed by atoms with E-state index in [0.717, 1.165) is 28.6 Å². The molecule has 2 aromatic rings. The lowest BCUT2D eigenvalue weighted by Gasteiger charge is -2.31. The van der Waals surface area contributed by atoms with E-state index < -0.39 is 0 Å². The summed E-state index contributed by atoms with van der Waals surface area (Å²) in [4.78, 5) is 4.39. The van der Waals surface area contributed by atoms with E-state index in [1.54, 1.807) is 0 Å². The van der Waals surface area contributed by atoms with Crippen LogP contribution in [0, 0.1) is 5.41 Å². The SMILES string of the molecule is CCCC(CBr)(CCC)COc1cccc2ncccc12. The zero-order valence-electron chi connectivity index (χ0n) is 12.9. The van der Waals surface area contributed by atoms with Gasteiger partial charge in [0.15, 0.2) is 0 Å². The third-order valence-corrected chi connectivity index (χ3v) is 5.17. The summed E-state index contributed by atoms with van der Waals surface area (Å²) >= 11 is 3.71. The van der Waals surface area contributed by atoms with Gasteiger partial charge in [-0.25, -0.2) is 0 Å². The van der Waals surface area contributed by atoms with Crippen LogP contribution in [0.2, 0.25) is 0 Å². The molecule has 0 amide bonds. The van der Waals surface area contributed by atoms with Crippen LogP contribution >= 0.6 is 15.9 Å². The number of fused-ring (bicyclic) bond motifs is 1. The first-order valence-electron chi connectivity index (χ1n) is 7.77. The maximum absolute atomic E-state index is 6.21. The van der Waals surface area contributed by atoms with Crippen LogP contribution in [0.3, 0.4) is 0 Å². The Kier molecular flexibility index (Phi) is 6.04. The van der Waals surface area contributed by atoms with E-state index in [1.165, 1.54) is 25.7 Å². The second-order valence-electron chi connectivity index (χ2n) is 5.75. The minimum Gasteiger partial charge on any atom is -0.492 e. The zero-order chi connectivity index (χ0) is 15.1. The van der Waals surface area contributed by atoms with Gasteiger partial charge in [-0.15, -0.1) is 0 Å². The fourth-order valence-electron chi connectivity index (χ4n) is 2.93. The minimum absolute atomic E-state index is 0.230. The molecule has 0 N–H and O–H groups in total. The number of pyridine rings is 1. The summed E-state index contributed by atoms with van der Waals surface area (Å²) < 4.78 is 6.21. The van der Waals surface area contributed by atoms with E-state index in [-0.39, 0.29) is 5.41 Å². The highest BCUT2D eigenvalue weighted by atomic mass is 79.9. The zero-order valence-corrected chi connectivity index (χ0v) is 14.5. The third-order valence-electron chi connectivity index (χ3n) is 3.98. The molecule has 1 heterocycles. The average Bonchev–Trinajstić information content (AvgIpc) is 2.53. The Balaban J connectivity index is 2.19. The molecule has 0 saturated carbocycles. The van der Waals surface area contributed by atoms with Gasteiger partial charge in [0.2, 0.25) is 0 Å². The molecule has 0 bridgehead atoms. The number of rotatable bonds is 8. The van der Waals surface area contributed by atoms with E-state index in [2.05, 4.69) is 40.8 Å². The Hall–Kier alpha value is -1.09. The van der Waals surface area contributed by atoms with Crippen molar-refractivity contribution in [2.24, 2.45) is 5.41 Å². The van der Waals surface area contributed by atoms with Crippen LogP contribution < -0.4 is 4.74 Å². The molecule has 0 saturated heterocycles. The second-order valence-corrected chi connectivity index (χ2v) is 6.31. The summed E-state index contributed by atoms with van der Waals surface area (Å²) in [5.41, 5.74) is 1.22. The molecular weight excluding hydrogens is 326 g/mol. The third kappa shape index (κ3) is 3.97. The van der Waals surface area contributed by atoms with Crippen LogP contribution in [-0.2, 0) is 0 Å². The highest BCUT2D eigenvalue weighted by Gasteiger charge is 2.28. The normalized spacial score (nSPS) is 11.8. The van der Waals surface area contributed by atoms with Gasteiger partial charge in [-0.2, -0.15) is 0 Å². The van der Waals surface area contributed by atoms with Crippen LogP contribution in [0.1, 0.15) is 39.5 Å². The lowest BCUT2D eigenvalue weighted by molar-refractivity contribution is 0.146. The molecule has 3 heteroatoms. The molecule has 0 radical (unpaired) electrons. The molecule has 2 nitrogen and oxygen atoms in total. The van der Waals surface area contributed by atoms with E-state index >= 15 is 0 Å². The first-order chi connectivity index (χ1) is 10.2. The van der Waals surface area contributed by atoms with Crippen LogP contribution in [-0.4, -0.2) is 16.9 Å². The van der Waals surface area contributed by atoms with E-state index in [9.17, 15) is 0 Å². The lowest BCUT2D eigenvalue weighted by atomic mass is 9.82. The van der Waals surface area contributed by atoms with Gasteiger partial charge >= 0.3 is 0 Å². The summed E-state index contributed by atoms with van der Waals surface area (Å²) in [5.74, 6) is 0.943. The van der Waals surface area contributed by atoms with Gasteiger partial charge in [0.1, 0.15) is 5.75 Å². The summed E-state index contributed by atoms with van der Waals surface area (Å²) in [5, 5.41) is 2.08. The molecule has 21 heavy (non-hydrogen) atoms. The van der Waals surface area contributed by atoms with Gasteiger partial charge in [0.05, 0.1) is 12.1 Å². The molecule has 0 fully saturated rings. The summed E-state index contributed by atoms with van der Waals surface area (Å²) in [7, 11) is 0. The summed E-state index contributed by atoms with van der Waals surface area (Å²) in [6.45, 7) is 5.25. The second kappa shape index (κ2) is 7.79. The maximum atomic E-state index is 6.21. The Bertz CT molecular complexity index is 559. The van der Waals surface area contributed by atoms with Crippen molar-refractivity contribution in [2.75, 3.05) is 11.9 Å². The topological polar surface area (TPSA) is 22.1 Å². The van der Waals surface area contributed by atoms with E-state index in [0.29, 0.717) is 0 Å². The predicted octanol–water partition coefficient (Wildman–Crippen LogP) is 5.60. The number of aromatic nitrogens is 1. The monoisotopic (exact) mass is 349 g/mol. The summed E-state index contributed by atoms with van der Waals surface area (Å²) in [6, 6.07) is 10.1. The van der Waals surface area contributed by atoms with Gasteiger partial charge in [0, 0.05) is 22.3 Å². The smallest absolute Gasteiger partial charge is 0.128 e. The Morgan fingerprint density at radius 3 is 2.52 bits per heavy atom. The molecule has 0 aliphatic heterocycles. The first kappa shape index (κ1) is 16.3. The van der Waals surface area contributed by atoms with E-state index in [4.69, 9.17) is 4.74 Å². The van der Waals surface area contributed by atoms with Crippen molar-refractivity contribution in [2.45, 2.75) is 39.5 Å². The van der Waals surface area contributed by atoms with Crippen LogP contribution in [0.25, 0.3) is 10.9 Å². The molecule has 2 rings (SSSR count).